The molecule has 2 amide bonds. The van der Waals surface area contributed by atoms with E-state index in [2.05, 4.69) is 5.32 Å². The lowest BCUT2D eigenvalue weighted by molar-refractivity contribution is -0.157. The van der Waals surface area contributed by atoms with Gasteiger partial charge in [-0.3, -0.25) is 9.59 Å². The molecular formula is C35H40Cl2N2O6S. The largest absolute Gasteiger partial charge is 0.478 e. The van der Waals surface area contributed by atoms with E-state index in [1.807, 2.05) is 44.2 Å². The molecule has 0 saturated carbocycles. The summed E-state index contributed by atoms with van der Waals surface area (Å²) in [6.07, 6.45) is 0.0955. The molecule has 1 saturated heterocycles. The molecule has 0 bridgehead atoms. The Bertz CT molecular complexity index is 1690. The SMILES string of the molecule is CC(C)C(CS(=O)(=O)C(C)C)N1C(=O)[C@@](C)(CC(=O)Nc2ccc(C(=O)O)cc2)CC(c2cccc(Cl)c2)[C@H]1c1ccc(Cl)cc1. The van der Waals surface area contributed by atoms with E-state index >= 15 is 0 Å². The van der Waals surface area contributed by atoms with Crippen molar-refractivity contribution in [3.63, 3.8) is 0 Å². The molecule has 0 aromatic heterocycles. The molecule has 0 aliphatic carbocycles. The number of aromatic carboxylic acids is 1. The average Bonchev–Trinajstić information content (AvgIpc) is 2.98. The van der Waals surface area contributed by atoms with E-state index in [1.165, 1.54) is 24.3 Å². The number of sulfone groups is 1. The van der Waals surface area contributed by atoms with Crippen molar-refractivity contribution in [2.24, 2.45) is 11.3 Å². The van der Waals surface area contributed by atoms with Crippen molar-refractivity contribution < 1.29 is 27.9 Å². The van der Waals surface area contributed by atoms with E-state index in [0.717, 1.165) is 11.1 Å². The van der Waals surface area contributed by atoms with Gasteiger partial charge in [-0.2, -0.15) is 0 Å². The summed E-state index contributed by atoms with van der Waals surface area (Å²) in [6, 6.07) is 19.1. The van der Waals surface area contributed by atoms with Crippen LogP contribution in [0, 0.1) is 11.3 Å². The maximum Gasteiger partial charge on any atom is 0.335 e. The molecule has 11 heteroatoms. The van der Waals surface area contributed by atoms with Crippen molar-refractivity contribution >= 4 is 56.5 Å². The Morgan fingerprint density at radius 2 is 1.59 bits per heavy atom. The number of anilines is 1. The van der Waals surface area contributed by atoms with E-state index in [-0.39, 0.29) is 41.9 Å². The first-order valence-electron chi connectivity index (χ1n) is 15.2. The molecular weight excluding hydrogens is 647 g/mol. The maximum absolute atomic E-state index is 14.9. The standard InChI is InChI=1S/C35H40Cl2N2O6S/c1-21(2)30(20-46(44,45)22(3)4)39-32(23-9-13-26(36)14-10-23)29(25-7-6-8-27(37)17-25)18-35(5,34(39)43)19-31(40)38-28-15-11-24(12-16-28)33(41)42/h6-17,21-22,29-30,32H,18-20H2,1-5H3,(H,38,40)(H,41,42)/t29?,30?,32-,35-/m1/s1. The van der Waals surface area contributed by atoms with E-state index in [1.54, 1.807) is 43.9 Å². The molecule has 246 valence electrons. The van der Waals surface area contributed by atoms with E-state index < -0.39 is 44.5 Å². The third kappa shape index (κ3) is 7.93. The molecule has 3 aromatic carbocycles. The Kier molecular flexibility index (Phi) is 10.9. The monoisotopic (exact) mass is 686 g/mol. The summed E-state index contributed by atoms with van der Waals surface area (Å²) < 4.78 is 26.8. The second kappa shape index (κ2) is 14.2. The van der Waals surface area contributed by atoms with Crippen LogP contribution in [-0.4, -0.2) is 53.3 Å². The van der Waals surface area contributed by atoms with Crippen LogP contribution < -0.4 is 5.32 Å². The van der Waals surface area contributed by atoms with Gasteiger partial charge in [0.1, 0.15) is 0 Å². The fourth-order valence-electron chi connectivity index (χ4n) is 6.19. The minimum absolute atomic E-state index is 0.0803. The van der Waals surface area contributed by atoms with Crippen molar-refractivity contribution in [3.05, 3.63) is 99.5 Å². The maximum atomic E-state index is 14.9. The molecule has 2 unspecified atom stereocenters. The van der Waals surface area contributed by atoms with Gasteiger partial charge >= 0.3 is 5.97 Å². The van der Waals surface area contributed by atoms with Crippen molar-refractivity contribution in [3.8, 4) is 0 Å². The smallest absolute Gasteiger partial charge is 0.335 e. The number of halogens is 2. The molecule has 1 heterocycles. The van der Waals surface area contributed by atoms with Crippen LogP contribution in [0.15, 0.2) is 72.8 Å². The van der Waals surface area contributed by atoms with Gasteiger partial charge < -0.3 is 15.3 Å². The normalized spacial score (nSPS) is 21.0. The number of carboxylic acid groups (broad SMARTS) is 1. The van der Waals surface area contributed by atoms with Gasteiger partial charge in [-0.05, 0) is 85.8 Å². The lowest BCUT2D eigenvalue weighted by Crippen LogP contribution is -2.59. The summed E-state index contributed by atoms with van der Waals surface area (Å²) in [6.45, 7) is 8.82. The molecule has 0 spiro atoms. The third-order valence-electron chi connectivity index (χ3n) is 8.80. The molecule has 1 aliphatic rings. The lowest BCUT2D eigenvalue weighted by Gasteiger charge is -2.53. The first-order chi connectivity index (χ1) is 21.5. The Morgan fingerprint density at radius 3 is 2.13 bits per heavy atom. The van der Waals surface area contributed by atoms with Gasteiger partial charge in [-0.15, -0.1) is 0 Å². The van der Waals surface area contributed by atoms with Gasteiger partial charge in [0.15, 0.2) is 9.84 Å². The zero-order valence-electron chi connectivity index (χ0n) is 26.5. The zero-order chi connectivity index (χ0) is 34.0. The highest BCUT2D eigenvalue weighted by Gasteiger charge is 2.53. The summed E-state index contributed by atoms with van der Waals surface area (Å²) in [4.78, 5) is 41.4. The molecule has 2 N–H and O–H groups in total. The van der Waals surface area contributed by atoms with Crippen LogP contribution in [0.5, 0.6) is 0 Å². The van der Waals surface area contributed by atoms with Crippen molar-refractivity contribution in [1.29, 1.82) is 0 Å². The summed E-state index contributed by atoms with van der Waals surface area (Å²) in [5.41, 5.74) is 0.898. The van der Waals surface area contributed by atoms with Crippen LogP contribution in [0.4, 0.5) is 5.69 Å². The second-order valence-corrected chi connectivity index (χ2v) is 16.4. The Morgan fingerprint density at radius 1 is 0.957 bits per heavy atom. The van der Waals surface area contributed by atoms with Crippen LogP contribution in [0.25, 0.3) is 0 Å². The molecule has 4 atom stereocenters. The van der Waals surface area contributed by atoms with Crippen LogP contribution in [-0.2, 0) is 19.4 Å². The van der Waals surface area contributed by atoms with Crippen molar-refractivity contribution in [2.45, 2.75) is 70.7 Å². The first-order valence-corrected chi connectivity index (χ1v) is 17.7. The Balaban J connectivity index is 1.85. The predicted molar refractivity (Wildman–Crippen MR) is 182 cm³/mol. The van der Waals surface area contributed by atoms with Gasteiger partial charge in [0.2, 0.25) is 11.8 Å². The highest BCUT2D eigenvalue weighted by atomic mass is 35.5. The summed E-state index contributed by atoms with van der Waals surface area (Å²) in [5, 5.41) is 12.4. The molecule has 8 nitrogen and oxygen atoms in total. The molecule has 3 aromatic rings. The van der Waals surface area contributed by atoms with E-state index in [9.17, 15) is 27.9 Å². The Hall–Kier alpha value is -3.40. The number of carboxylic acids is 1. The molecule has 46 heavy (non-hydrogen) atoms. The number of carbonyl (C=O) groups is 3. The van der Waals surface area contributed by atoms with Gasteiger partial charge in [0, 0.05) is 34.1 Å². The number of carbonyl (C=O) groups excluding carboxylic acids is 2. The third-order valence-corrected chi connectivity index (χ3v) is 11.5. The number of rotatable bonds is 11. The van der Waals surface area contributed by atoms with Gasteiger partial charge in [0.25, 0.3) is 0 Å². The lowest BCUT2D eigenvalue weighted by atomic mass is 9.66. The van der Waals surface area contributed by atoms with Crippen LogP contribution in [0.2, 0.25) is 10.0 Å². The highest BCUT2D eigenvalue weighted by molar-refractivity contribution is 7.92. The number of hydrogen-bond acceptors (Lipinski definition) is 5. The molecule has 1 fully saturated rings. The minimum atomic E-state index is -3.58. The molecule has 0 radical (unpaired) electrons. The average molecular weight is 688 g/mol. The Labute approximate surface area is 281 Å². The number of piperidine rings is 1. The number of amides is 2. The van der Waals surface area contributed by atoms with Crippen molar-refractivity contribution in [1.82, 2.24) is 4.90 Å². The molecule has 1 aliphatic heterocycles. The summed E-state index contributed by atoms with van der Waals surface area (Å²) in [7, 11) is -3.58. The first kappa shape index (κ1) is 35.5. The zero-order valence-corrected chi connectivity index (χ0v) is 28.9. The van der Waals surface area contributed by atoms with Gasteiger partial charge in [0.05, 0.1) is 28.0 Å². The van der Waals surface area contributed by atoms with Crippen LogP contribution >= 0.6 is 23.2 Å². The van der Waals surface area contributed by atoms with Crippen LogP contribution in [0.3, 0.4) is 0 Å². The summed E-state index contributed by atoms with van der Waals surface area (Å²) in [5.74, 6) is -2.66. The number of nitrogens with one attached hydrogen (secondary N) is 1. The number of nitrogens with zero attached hydrogens (tertiary/aromatic N) is 1. The fraction of sp³-hybridized carbons (Fsp3) is 0.400. The van der Waals surface area contributed by atoms with Crippen LogP contribution in [0.1, 0.15) is 80.9 Å². The molecule has 4 rings (SSSR count). The van der Waals surface area contributed by atoms with E-state index in [4.69, 9.17) is 23.2 Å². The quantitative estimate of drug-likeness (QED) is 0.214. The predicted octanol–water partition coefficient (Wildman–Crippen LogP) is 7.63. The number of benzene rings is 3. The fourth-order valence-corrected chi connectivity index (χ4v) is 7.92. The highest BCUT2D eigenvalue weighted by Crippen LogP contribution is 2.52. The number of hydrogen-bond donors (Lipinski definition) is 2. The van der Waals surface area contributed by atoms with E-state index in [0.29, 0.717) is 15.7 Å². The van der Waals surface area contributed by atoms with Gasteiger partial charge in [-0.1, -0.05) is 68.2 Å². The second-order valence-electron chi connectivity index (χ2n) is 12.9. The summed E-state index contributed by atoms with van der Waals surface area (Å²) >= 11 is 12.7. The number of likely N-dealkylation sites (tertiary alicyclic amines) is 1. The topological polar surface area (TPSA) is 121 Å². The van der Waals surface area contributed by atoms with Gasteiger partial charge in [-0.25, -0.2) is 13.2 Å². The minimum Gasteiger partial charge on any atom is -0.478 e. The van der Waals surface area contributed by atoms with Crippen molar-refractivity contribution in [2.75, 3.05) is 11.1 Å².